The minimum atomic E-state index is -1.48. The Balaban J connectivity index is 1.80. The summed E-state index contributed by atoms with van der Waals surface area (Å²) in [4.78, 5) is 50.5. The number of benzene rings is 3. The van der Waals surface area contributed by atoms with E-state index in [1.54, 1.807) is 6.07 Å². The molecule has 1 N–H and O–H groups in total. The van der Waals surface area contributed by atoms with Crippen molar-refractivity contribution in [3.05, 3.63) is 93.5 Å². The molecule has 4 aromatic rings. The van der Waals surface area contributed by atoms with E-state index in [0.717, 1.165) is 11.7 Å². The Kier molecular flexibility index (Phi) is 7.02. The van der Waals surface area contributed by atoms with Crippen LogP contribution in [0.25, 0.3) is 22.2 Å². The first-order valence-corrected chi connectivity index (χ1v) is 11.3. The quantitative estimate of drug-likeness (QED) is 0.0934. The molecule has 8 nitrogen and oxygen atoms in total. The second-order valence-corrected chi connectivity index (χ2v) is 8.44. The number of ether oxygens (including phenoxy) is 1. The number of esters is 2. The van der Waals surface area contributed by atoms with Crippen molar-refractivity contribution in [1.82, 2.24) is 8.75 Å². The van der Waals surface area contributed by atoms with E-state index >= 15 is 0 Å². The molecule has 0 spiro atoms. The smallest absolute Gasteiger partial charge is 0.387 e. The van der Waals surface area contributed by atoms with Crippen molar-refractivity contribution >= 4 is 80.8 Å². The van der Waals surface area contributed by atoms with Crippen LogP contribution in [-0.2, 0) is 19.1 Å². The highest BCUT2D eigenvalue weighted by molar-refractivity contribution is 7.00. The Morgan fingerprint density at radius 1 is 0.686 bits per heavy atom. The minimum absolute atomic E-state index is 0.0520. The summed E-state index contributed by atoms with van der Waals surface area (Å²) in [5.41, 5.74) is 0.207. The summed E-state index contributed by atoms with van der Waals surface area (Å²) in [6, 6.07) is 15.5. The summed E-state index contributed by atoms with van der Waals surface area (Å²) < 4.78 is 13.0. The average Bonchev–Trinajstić information content (AvgIpc) is 3.31. The van der Waals surface area contributed by atoms with Gasteiger partial charge < -0.3 is 9.84 Å². The maximum Gasteiger partial charge on any atom is 0.387 e. The molecule has 0 atom stereocenters. The van der Waals surface area contributed by atoms with Crippen LogP contribution in [0.1, 0.15) is 21.5 Å². The zero-order chi connectivity index (χ0) is 25.1. The molecule has 4 rings (SSSR count). The summed E-state index contributed by atoms with van der Waals surface area (Å²) in [5, 5.41) is 10.7. The largest absolute Gasteiger partial charge is 0.478 e. The summed E-state index contributed by atoms with van der Waals surface area (Å²) in [5.74, 6) is -5.37. The van der Waals surface area contributed by atoms with Crippen molar-refractivity contribution in [2.45, 2.75) is 0 Å². The average molecular weight is 527 g/mol. The lowest BCUT2D eigenvalue weighted by atomic mass is 9.94. The molecule has 35 heavy (non-hydrogen) atoms. The van der Waals surface area contributed by atoms with E-state index in [2.05, 4.69) is 8.75 Å². The summed E-state index contributed by atoms with van der Waals surface area (Å²) >= 11 is 12.7. The van der Waals surface area contributed by atoms with E-state index in [9.17, 15) is 24.3 Å². The molecule has 11 heteroatoms. The van der Waals surface area contributed by atoms with Crippen molar-refractivity contribution in [2.24, 2.45) is 0 Å². The third-order valence-corrected chi connectivity index (χ3v) is 5.88. The Morgan fingerprint density at radius 3 is 1.83 bits per heavy atom. The lowest BCUT2D eigenvalue weighted by molar-refractivity contribution is -0.152. The minimum Gasteiger partial charge on any atom is -0.478 e. The molecule has 174 valence electrons. The van der Waals surface area contributed by atoms with E-state index in [0.29, 0.717) is 21.1 Å². The number of carboxylic acids is 1. The zero-order valence-corrected chi connectivity index (χ0v) is 19.7. The maximum atomic E-state index is 13.2. The van der Waals surface area contributed by atoms with E-state index in [1.807, 2.05) is 0 Å². The molecule has 3 aromatic carbocycles. The van der Waals surface area contributed by atoms with Crippen LogP contribution in [0.3, 0.4) is 0 Å². The van der Waals surface area contributed by atoms with Crippen molar-refractivity contribution in [1.29, 1.82) is 0 Å². The number of aliphatic carboxylic acids is 1. The number of hydrogen-bond acceptors (Lipinski definition) is 8. The molecule has 1 aromatic heterocycles. The molecular weight excluding hydrogens is 515 g/mol. The Morgan fingerprint density at radius 2 is 1.23 bits per heavy atom. The predicted octanol–water partition coefficient (Wildman–Crippen LogP) is 4.95. The highest BCUT2D eigenvalue weighted by Gasteiger charge is 2.29. The molecular formula is C24H12Cl2N2O6S. The molecule has 0 saturated heterocycles. The van der Waals surface area contributed by atoms with Gasteiger partial charge in [0.2, 0.25) is 0 Å². The number of carboxylic acid groups (broad SMARTS) is 1. The van der Waals surface area contributed by atoms with Crippen molar-refractivity contribution in [3.63, 3.8) is 0 Å². The molecule has 0 unspecified atom stereocenters. The molecule has 0 aliphatic rings. The summed E-state index contributed by atoms with van der Waals surface area (Å²) in [7, 11) is 0. The molecule has 1 heterocycles. The first-order valence-electron chi connectivity index (χ1n) is 9.77. The van der Waals surface area contributed by atoms with E-state index in [1.165, 1.54) is 60.7 Å². The standard InChI is InChI=1S/C24H12Cl2N2O6S/c25-15-6-1-12(2-7-15)19(22(30)31)20(14-5-10-17-18(11-14)28-35-27-17)23(32)34-24(33)21(29)13-3-8-16(26)9-4-13/h1-11H,(H,30,31)/b20-19-. The topological polar surface area (TPSA) is 124 Å². The fourth-order valence-electron chi connectivity index (χ4n) is 3.19. The Hall–Kier alpha value is -3.92. The third kappa shape index (κ3) is 5.27. The van der Waals surface area contributed by atoms with E-state index in [-0.39, 0.29) is 16.7 Å². The van der Waals surface area contributed by atoms with Crippen LogP contribution >= 0.6 is 34.9 Å². The number of fused-ring (bicyclic) bond motifs is 1. The SMILES string of the molecule is O=C(OC(=O)/C(=C(\C(=O)O)c1ccc(Cl)cc1)c1ccc2nsnc2c1)C(=O)c1ccc(Cl)cc1. The highest BCUT2D eigenvalue weighted by Crippen LogP contribution is 2.31. The van der Waals surface area contributed by atoms with Gasteiger partial charge in [-0.15, -0.1) is 0 Å². The van der Waals surface area contributed by atoms with Gasteiger partial charge in [0.1, 0.15) is 11.0 Å². The molecule has 0 aliphatic heterocycles. The van der Waals surface area contributed by atoms with Gasteiger partial charge in [-0.1, -0.05) is 41.4 Å². The van der Waals surface area contributed by atoms with Gasteiger partial charge in [-0.3, -0.25) is 4.79 Å². The summed E-state index contributed by atoms with van der Waals surface area (Å²) in [6.07, 6.45) is 0. The number of Topliss-reactive ketones (excluding diaryl/α,β-unsaturated/α-hetero) is 1. The van der Waals surface area contributed by atoms with Crippen LogP contribution in [0.2, 0.25) is 10.0 Å². The fraction of sp³-hybridized carbons (Fsp3) is 0. The maximum absolute atomic E-state index is 13.2. The Labute approximate surface area is 211 Å². The highest BCUT2D eigenvalue weighted by atomic mass is 35.5. The van der Waals surface area contributed by atoms with Gasteiger partial charge in [-0.25, -0.2) is 14.4 Å². The molecule has 0 aliphatic carbocycles. The van der Waals surface area contributed by atoms with Gasteiger partial charge in [0.05, 0.1) is 22.9 Å². The van der Waals surface area contributed by atoms with Gasteiger partial charge in [0.25, 0.3) is 5.78 Å². The third-order valence-electron chi connectivity index (χ3n) is 4.82. The summed E-state index contributed by atoms with van der Waals surface area (Å²) in [6.45, 7) is 0. The first-order chi connectivity index (χ1) is 16.7. The van der Waals surface area contributed by atoms with Gasteiger partial charge in [-0.2, -0.15) is 8.75 Å². The van der Waals surface area contributed by atoms with Crippen LogP contribution in [-0.4, -0.2) is 37.5 Å². The zero-order valence-electron chi connectivity index (χ0n) is 17.4. The van der Waals surface area contributed by atoms with Crippen LogP contribution in [0.5, 0.6) is 0 Å². The normalized spacial score (nSPS) is 11.6. The molecule has 0 amide bonds. The second kappa shape index (κ2) is 10.1. The molecule has 0 fully saturated rings. The monoisotopic (exact) mass is 526 g/mol. The number of hydrogen-bond donors (Lipinski definition) is 1. The van der Waals surface area contributed by atoms with Gasteiger partial charge >= 0.3 is 17.9 Å². The van der Waals surface area contributed by atoms with E-state index < -0.39 is 34.8 Å². The fourth-order valence-corrected chi connectivity index (χ4v) is 3.96. The van der Waals surface area contributed by atoms with Gasteiger partial charge in [0.15, 0.2) is 0 Å². The van der Waals surface area contributed by atoms with E-state index in [4.69, 9.17) is 27.9 Å². The van der Waals surface area contributed by atoms with Crippen molar-refractivity contribution < 1.29 is 29.0 Å². The number of aromatic nitrogens is 2. The van der Waals surface area contributed by atoms with Crippen molar-refractivity contribution in [2.75, 3.05) is 0 Å². The van der Waals surface area contributed by atoms with Gasteiger partial charge in [-0.05, 0) is 59.7 Å². The lowest BCUT2D eigenvalue weighted by Gasteiger charge is -2.12. The lowest BCUT2D eigenvalue weighted by Crippen LogP contribution is -2.23. The number of carbonyl (C=O) groups excluding carboxylic acids is 3. The van der Waals surface area contributed by atoms with Crippen molar-refractivity contribution in [3.8, 4) is 0 Å². The van der Waals surface area contributed by atoms with Crippen LogP contribution in [0.4, 0.5) is 0 Å². The number of rotatable bonds is 6. The molecule has 0 radical (unpaired) electrons. The number of carbonyl (C=O) groups is 4. The van der Waals surface area contributed by atoms with Crippen LogP contribution < -0.4 is 0 Å². The van der Waals surface area contributed by atoms with Crippen LogP contribution in [0, 0.1) is 0 Å². The van der Waals surface area contributed by atoms with Crippen LogP contribution in [0.15, 0.2) is 66.7 Å². The van der Waals surface area contributed by atoms with Gasteiger partial charge in [0, 0.05) is 15.6 Å². The number of ketones is 1. The number of halogens is 2. The second-order valence-electron chi connectivity index (χ2n) is 7.04. The first kappa shape index (κ1) is 24.2. The molecule has 0 saturated carbocycles. The number of nitrogens with zero attached hydrogens (tertiary/aromatic N) is 2. The Bertz CT molecular complexity index is 1510. The molecule has 0 bridgehead atoms. The predicted molar refractivity (Wildman–Crippen MR) is 130 cm³/mol.